The summed E-state index contributed by atoms with van der Waals surface area (Å²) in [4.78, 5) is 0. The normalized spacial score (nSPS) is 17.7. The van der Waals surface area contributed by atoms with Crippen molar-refractivity contribution in [1.82, 2.24) is 10.6 Å². The maximum absolute atomic E-state index is 3.35. The summed E-state index contributed by atoms with van der Waals surface area (Å²) in [7, 11) is 0. The molecule has 0 aliphatic carbocycles. The van der Waals surface area contributed by atoms with Gasteiger partial charge in [0.2, 0.25) is 0 Å². The maximum Gasteiger partial charge on any atom is 0.0572 e. The van der Waals surface area contributed by atoms with E-state index in [1.54, 1.807) is 0 Å². The third kappa shape index (κ3) is 4.34. The Morgan fingerprint density at radius 1 is 1.20 bits per heavy atom. The number of hydrogen-bond acceptors (Lipinski definition) is 2. The number of nitrogens with one attached hydrogen (secondary N) is 2. The summed E-state index contributed by atoms with van der Waals surface area (Å²) in [5.41, 5.74) is 0. The van der Waals surface area contributed by atoms with Gasteiger partial charge in [0, 0.05) is 13.1 Å². The highest BCUT2D eigenvalue weighted by Gasteiger charge is 2.09. The van der Waals surface area contributed by atoms with E-state index in [0.29, 0.717) is 6.17 Å². The van der Waals surface area contributed by atoms with Crippen LogP contribution in [0.5, 0.6) is 0 Å². The average Bonchev–Trinajstić information content (AvgIpc) is 2.19. The summed E-state index contributed by atoms with van der Waals surface area (Å²) >= 11 is 0. The molecule has 0 aromatic carbocycles. The van der Waals surface area contributed by atoms with Gasteiger partial charge in [-0.2, -0.15) is 0 Å². The molecule has 1 aliphatic heterocycles. The molecule has 0 unspecified atom stereocenters. The second kappa shape index (κ2) is 7.61. The highest BCUT2D eigenvalue weighted by atomic mass is 35.5. The van der Waals surface area contributed by atoms with Crippen LogP contribution >= 0.6 is 24.8 Å². The molecule has 1 rings (SSSR count). The third-order valence-corrected chi connectivity index (χ3v) is 1.48. The SMILES string of the molecule is CCCC1NCCN1.Cl.Cl. The summed E-state index contributed by atoms with van der Waals surface area (Å²) in [6, 6.07) is 0. The van der Waals surface area contributed by atoms with Crippen LogP contribution in [0.1, 0.15) is 19.8 Å². The van der Waals surface area contributed by atoms with Gasteiger partial charge in [-0.1, -0.05) is 13.3 Å². The van der Waals surface area contributed by atoms with Gasteiger partial charge in [-0.3, -0.25) is 0 Å². The molecule has 0 spiro atoms. The lowest BCUT2D eigenvalue weighted by molar-refractivity contribution is 0.507. The molecule has 10 heavy (non-hydrogen) atoms. The van der Waals surface area contributed by atoms with E-state index in [0.717, 1.165) is 13.1 Å². The van der Waals surface area contributed by atoms with Crippen LogP contribution in [0, 0.1) is 0 Å². The van der Waals surface area contributed by atoms with Crippen molar-refractivity contribution in [3.63, 3.8) is 0 Å². The zero-order valence-corrected chi connectivity index (χ0v) is 7.86. The lowest BCUT2D eigenvalue weighted by Crippen LogP contribution is -2.30. The van der Waals surface area contributed by atoms with E-state index in [1.165, 1.54) is 12.8 Å². The Kier molecular flexibility index (Phi) is 9.97. The summed E-state index contributed by atoms with van der Waals surface area (Å²) in [6.07, 6.45) is 3.14. The van der Waals surface area contributed by atoms with Gasteiger partial charge < -0.3 is 10.6 Å². The van der Waals surface area contributed by atoms with Gasteiger partial charge in [0.25, 0.3) is 0 Å². The molecule has 0 bridgehead atoms. The molecule has 0 saturated carbocycles. The van der Waals surface area contributed by atoms with Crippen molar-refractivity contribution in [2.45, 2.75) is 25.9 Å². The molecule has 0 amide bonds. The average molecular weight is 187 g/mol. The van der Waals surface area contributed by atoms with Crippen molar-refractivity contribution in [3.8, 4) is 0 Å². The Labute approximate surface area is 75.0 Å². The Morgan fingerprint density at radius 2 is 1.70 bits per heavy atom. The summed E-state index contributed by atoms with van der Waals surface area (Å²) < 4.78 is 0. The molecule has 4 heteroatoms. The third-order valence-electron chi connectivity index (χ3n) is 1.48. The molecule has 2 N–H and O–H groups in total. The summed E-state index contributed by atoms with van der Waals surface area (Å²) in [5, 5.41) is 6.69. The zero-order valence-electron chi connectivity index (χ0n) is 6.22. The predicted molar refractivity (Wildman–Crippen MR) is 49.2 cm³/mol. The first-order valence-corrected chi connectivity index (χ1v) is 3.40. The second-order valence-electron chi connectivity index (χ2n) is 2.25. The van der Waals surface area contributed by atoms with E-state index in [-0.39, 0.29) is 24.8 Å². The molecule has 1 aliphatic rings. The monoisotopic (exact) mass is 186 g/mol. The fourth-order valence-corrected chi connectivity index (χ4v) is 1.06. The molecule has 0 radical (unpaired) electrons. The molecular formula is C6H16Cl2N2. The van der Waals surface area contributed by atoms with E-state index in [9.17, 15) is 0 Å². The molecule has 0 aromatic heterocycles. The van der Waals surface area contributed by atoms with Gasteiger partial charge in [0.15, 0.2) is 0 Å². The molecule has 2 nitrogen and oxygen atoms in total. The topological polar surface area (TPSA) is 24.1 Å². The van der Waals surface area contributed by atoms with Crippen LogP contribution in [0.15, 0.2) is 0 Å². The quantitative estimate of drug-likeness (QED) is 0.677. The van der Waals surface area contributed by atoms with Crippen molar-refractivity contribution in [2.75, 3.05) is 13.1 Å². The fraction of sp³-hybridized carbons (Fsp3) is 1.00. The molecule has 1 saturated heterocycles. The Hall–Kier alpha value is 0.500. The Bertz CT molecular complexity index is 64.8. The first-order chi connectivity index (χ1) is 3.93. The number of halogens is 2. The van der Waals surface area contributed by atoms with Crippen LogP contribution < -0.4 is 10.6 Å². The number of rotatable bonds is 2. The van der Waals surface area contributed by atoms with Crippen molar-refractivity contribution in [2.24, 2.45) is 0 Å². The standard InChI is InChI=1S/C6H14N2.2ClH/c1-2-3-6-7-4-5-8-6;;/h6-8H,2-5H2,1H3;2*1H. The first-order valence-electron chi connectivity index (χ1n) is 3.40. The van der Waals surface area contributed by atoms with Crippen molar-refractivity contribution in [1.29, 1.82) is 0 Å². The van der Waals surface area contributed by atoms with Crippen LogP contribution in [0.4, 0.5) is 0 Å². The Morgan fingerprint density at radius 3 is 2.10 bits per heavy atom. The van der Waals surface area contributed by atoms with E-state index in [4.69, 9.17) is 0 Å². The highest BCUT2D eigenvalue weighted by molar-refractivity contribution is 5.85. The van der Waals surface area contributed by atoms with Crippen molar-refractivity contribution in [3.05, 3.63) is 0 Å². The fourth-order valence-electron chi connectivity index (χ4n) is 1.06. The lowest BCUT2D eigenvalue weighted by atomic mass is 10.3. The minimum Gasteiger partial charge on any atom is -0.301 e. The molecule has 0 atom stereocenters. The van der Waals surface area contributed by atoms with Gasteiger partial charge in [-0.25, -0.2) is 0 Å². The van der Waals surface area contributed by atoms with Gasteiger partial charge in [-0.15, -0.1) is 24.8 Å². The largest absolute Gasteiger partial charge is 0.301 e. The maximum atomic E-state index is 3.35. The van der Waals surface area contributed by atoms with Crippen LogP contribution in [0.3, 0.4) is 0 Å². The van der Waals surface area contributed by atoms with Crippen LogP contribution in [-0.2, 0) is 0 Å². The Balaban J connectivity index is 0. The van der Waals surface area contributed by atoms with Crippen molar-refractivity contribution < 1.29 is 0 Å². The molecular weight excluding hydrogens is 171 g/mol. The van der Waals surface area contributed by atoms with Gasteiger partial charge >= 0.3 is 0 Å². The molecule has 0 aromatic rings. The van der Waals surface area contributed by atoms with Gasteiger partial charge in [-0.05, 0) is 6.42 Å². The van der Waals surface area contributed by atoms with E-state index < -0.39 is 0 Å². The van der Waals surface area contributed by atoms with Gasteiger partial charge in [0.1, 0.15) is 0 Å². The molecule has 64 valence electrons. The van der Waals surface area contributed by atoms with Crippen LogP contribution in [0.2, 0.25) is 0 Å². The number of hydrogen-bond donors (Lipinski definition) is 2. The second-order valence-corrected chi connectivity index (χ2v) is 2.25. The molecule has 1 fully saturated rings. The molecule has 1 heterocycles. The van der Waals surface area contributed by atoms with Crippen LogP contribution in [-0.4, -0.2) is 19.3 Å². The van der Waals surface area contributed by atoms with Crippen LogP contribution in [0.25, 0.3) is 0 Å². The minimum absolute atomic E-state index is 0. The lowest BCUT2D eigenvalue weighted by Gasteiger charge is -2.06. The minimum atomic E-state index is 0. The van der Waals surface area contributed by atoms with E-state index in [1.807, 2.05) is 0 Å². The smallest absolute Gasteiger partial charge is 0.0572 e. The van der Waals surface area contributed by atoms with Gasteiger partial charge in [0.05, 0.1) is 6.17 Å². The van der Waals surface area contributed by atoms with Crippen molar-refractivity contribution >= 4 is 24.8 Å². The summed E-state index contributed by atoms with van der Waals surface area (Å²) in [6.45, 7) is 4.50. The summed E-state index contributed by atoms with van der Waals surface area (Å²) in [5.74, 6) is 0. The highest BCUT2D eigenvalue weighted by Crippen LogP contribution is 1.94. The zero-order chi connectivity index (χ0) is 5.82. The van der Waals surface area contributed by atoms with E-state index >= 15 is 0 Å². The van der Waals surface area contributed by atoms with E-state index in [2.05, 4.69) is 17.6 Å². The first kappa shape index (κ1) is 13.1. The predicted octanol–water partition coefficient (Wildman–Crippen LogP) is 1.15.